The number of nitrogens with zero attached hydrogens (tertiary/aromatic N) is 1. The third-order valence-electron chi connectivity index (χ3n) is 3.87. The molecule has 0 aliphatic rings. The van der Waals surface area contributed by atoms with E-state index < -0.39 is 0 Å². The summed E-state index contributed by atoms with van der Waals surface area (Å²) < 4.78 is 7.74. The van der Waals surface area contributed by atoms with E-state index in [1.165, 1.54) is 0 Å². The van der Waals surface area contributed by atoms with Gasteiger partial charge in [-0.05, 0) is 42.8 Å². The van der Waals surface area contributed by atoms with E-state index in [0.29, 0.717) is 27.1 Å². The second-order valence-corrected chi connectivity index (χ2v) is 6.32. The normalized spacial score (nSPS) is 11.4. The monoisotopic (exact) mass is 343 g/mol. The zero-order chi connectivity index (χ0) is 16.1. The van der Waals surface area contributed by atoms with Crippen molar-refractivity contribution in [3.8, 4) is 11.3 Å². The first kappa shape index (κ1) is 14.4. The van der Waals surface area contributed by atoms with Gasteiger partial charge in [-0.15, -0.1) is 0 Å². The van der Waals surface area contributed by atoms with E-state index in [4.69, 9.17) is 27.6 Å². The van der Waals surface area contributed by atoms with Crippen LogP contribution in [0.1, 0.15) is 16.1 Å². The Kier molecular flexibility index (Phi) is 3.22. The molecule has 0 fully saturated rings. The Bertz CT molecular complexity index is 1080. The molecule has 0 N–H and O–H groups in total. The minimum atomic E-state index is 0.450. The number of aldehydes is 1. The maximum atomic E-state index is 11.6. The van der Waals surface area contributed by atoms with Crippen LogP contribution in [0.25, 0.3) is 27.8 Å². The molecule has 0 spiro atoms. The van der Waals surface area contributed by atoms with Crippen molar-refractivity contribution < 1.29 is 9.21 Å². The van der Waals surface area contributed by atoms with Gasteiger partial charge in [-0.1, -0.05) is 29.3 Å². The van der Waals surface area contributed by atoms with Crippen molar-refractivity contribution in [2.75, 3.05) is 0 Å². The number of carbonyl (C=O) groups excluding carboxylic acids is 1. The first-order valence-corrected chi connectivity index (χ1v) is 7.78. The van der Waals surface area contributed by atoms with E-state index in [1.54, 1.807) is 12.1 Å². The molecular formula is C18H11Cl2NO2. The summed E-state index contributed by atoms with van der Waals surface area (Å²) in [5, 5.41) is 1.80. The molecule has 0 aliphatic heterocycles. The average molecular weight is 344 g/mol. The molecule has 23 heavy (non-hydrogen) atoms. The van der Waals surface area contributed by atoms with Gasteiger partial charge in [-0.25, -0.2) is 0 Å². The Hall–Kier alpha value is -2.23. The largest absolute Gasteiger partial charge is 0.454 e. The summed E-state index contributed by atoms with van der Waals surface area (Å²) in [5.41, 5.74) is 3.84. The summed E-state index contributed by atoms with van der Waals surface area (Å²) in [6.45, 7) is 1.98. The lowest BCUT2D eigenvalue weighted by atomic mass is 10.2. The number of furan rings is 1. The maximum absolute atomic E-state index is 11.6. The van der Waals surface area contributed by atoms with Crippen LogP contribution in [0.15, 0.2) is 47.0 Å². The van der Waals surface area contributed by atoms with Crippen molar-refractivity contribution in [3.63, 3.8) is 0 Å². The van der Waals surface area contributed by atoms with Crippen molar-refractivity contribution in [3.05, 3.63) is 63.9 Å². The SMILES string of the molecule is Cc1ccc2cc(-c3cc4cc(Cl)cc(Cl)c4o3)c(C=O)n2c1. The van der Waals surface area contributed by atoms with Crippen LogP contribution in [0.5, 0.6) is 0 Å². The molecule has 4 aromatic rings. The molecule has 0 saturated carbocycles. The molecule has 0 unspecified atom stereocenters. The first-order chi connectivity index (χ1) is 11.1. The molecular weight excluding hydrogens is 333 g/mol. The Morgan fingerprint density at radius 2 is 1.96 bits per heavy atom. The predicted molar refractivity (Wildman–Crippen MR) is 92.7 cm³/mol. The van der Waals surface area contributed by atoms with Crippen LogP contribution in [0.2, 0.25) is 10.0 Å². The molecule has 114 valence electrons. The Morgan fingerprint density at radius 1 is 1.13 bits per heavy atom. The molecule has 5 heteroatoms. The summed E-state index contributed by atoms with van der Waals surface area (Å²) in [4.78, 5) is 11.6. The molecule has 1 aromatic carbocycles. The maximum Gasteiger partial charge on any atom is 0.167 e. The molecule has 3 heterocycles. The third kappa shape index (κ3) is 2.24. The highest BCUT2D eigenvalue weighted by Crippen LogP contribution is 2.36. The van der Waals surface area contributed by atoms with Gasteiger partial charge < -0.3 is 8.82 Å². The van der Waals surface area contributed by atoms with E-state index in [1.807, 2.05) is 41.8 Å². The zero-order valence-corrected chi connectivity index (χ0v) is 13.7. The molecule has 0 saturated heterocycles. The van der Waals surface area contributed by atoms with Crippen LogP contribution < -0.4 is 0 Å². The topological polar surface area (TPSA) is 34.6 Å². The van der Waals surface area contributed by atoms with Crippen LogP contribution in [-0.4, -0.2) is 10.7 Å². The fraction of sp³-hybridized carbons (Fsp3) is 0.0556. The molecule has 0 aliphatic carbocycles. The fourth-order valence-corrected chi connectivity index (χ4v) is 3.37. The number of pyridine rings is 1. The Balaban J connectivity index is 2.02. The van der Waals surface area contributed by atoms with Gasteiger partial charge >= 0.3 is 0 Å². The smallest absolute Gasteiger partial charge is 0.167 e. The Labute approximate surface area is 142 Å². The molecule has 0 bridgehead atoms. The highest BCUT2D eigenvalue weighted by atomic mass is 35.5. The number of carbonyl (C=O) groups is 1. The van der Waals surface area contributed by atoms with Crippen LogP contribution >= 0.6 is 23.2 Å². The van der Waals surface area contributed by atoms with Crippen LogP contribution in [0.4, 0.5) is 0 Å². The number of rotatable bonds is 2. The van der Waals surface area contributed by atoms with E-state index in [-0.39, 0.29) is 0 Å². The quantitative estimate of drug-likeness (QED) is 0.432. The number of hydrogen-bond donors (Lipinski definition) is 0. The second kappa shape index (κ2) is 5.15. The molecule has 3 nitrogen and oxygen atoms in total. The number of benzene rings is 1. The zero-order valence-electron chi connectivity index (χ0n) is 12.1. The highest BCUT2D eigenvalue weighted by Gasteiger charge is 2.17. The number of hydrogen-bond acceptors (Lipinski definition) is 2. The third-order valence-corrected chi connectivity index (χ3v) is 4.37. The number of aromatic nitrogens is 1. The van der Waals surface area contributed by atoms with Crippen molar-refractivity contribution in [2.24, 2.45) is 0 Å². The standard InChI is InChI=1S/C18H11Cl2NO2/c1-10-2-3-13-7-14(16(9-22)21(13)8-10)17-5-11-4-12(19)6-15(20)18(11)23-17/h2-9H,1H3. The average Bonchev–Trinajstić information content (AvgIpc) is 3.07. The lowest BCUT2D eigenvalue weighted by molar-refractivity contribution is 0.111. The minimum absolute atomic E-state index is 0.450. The lowest BCUT2D eigenvalue weighted by Crippen LogP contribution is -1.92. The number of fused-ring (bicyclic) bond motifs is 2. The van der Waals surface area contributed by atoms with Crippen LogP contribution in [0, 0.1) is 6.92 Å². The first-order valence-electron chi connectivity index (χ1n) is 7.02. The molecule has 0 atom stereocenters. The summed E-state index contributed by atoms with van der Waals surface area (Å²) in [6.07, 6.45) is 2.76. The van der Waals surface area contributed by atoms with Crippen molar-refractivity contribution in [2.45, 2.75) is 6.92 Å². The minimum Gasteiger partial charge on any atom is -0.454 e. The van der Waals surface area contributed by atoms with E-state index in [0.717, 1.165) is 28.3 Å². The van der Waals surface area contributed by atoms with Crippen molar-refractivity contribution >= 4 is 46.0 Å². The lowest BCUT2D eigenvalue weighted by Gasteiger charge is -1.99. The second-order valence-electron chi connectivity index (χ2n) is 5.48. The van der Waals surface area contributed by atoms with Crippen molar-refractivity contribution in [1.82, 2.24) is 4.40 Å². The summed E-state index contributed by atoms with van der Waals surface area (Å²) in [5.74, 6) is 0.590. The van der Waals surface area contributed by atoms with Gasteiger partial charge in [0.15, 0.2) is 11.9 Å². The van der Waals surface area contributed by atoms with Gasteiger partial charge in [0.25, 0.3) is 0 Å². The molecule has 4 rings (SSSR count). The van der Waals surface area contributed by atoms with Gasteiger partial charge in [0, 0.05) is 27.7 Å². The summed E-state index contributed by atoms with van der Waals surface area (Å²) >= 11 is 12.2. The molecule has 0 radical (unpaired) electrons. The van der Waals surface area contributed by atoms with Crippen molar-refractivity contribution in [1.29, 1.82) is 0 Å². The van der Waals surface area contributed by atoms with Gasteiger partial charge in [0.1, 0.15) is 5.76 Å². The highest BCUT2D eigenvalue weighted by molar-refractivity contribution is 6.38. The van der Waals surface area contributed by atoms with Gasteiger partial charge in [-0.2, -0.15) is 0 Å². The van der Waals surface area contributed by atoms with Crippen LogP contribution in [0.3, 0.4) is 0 Å². The molecule has 3 aromatic heterocycles. The van der Waals surface area contributed by atoms with E-state index >= 15 is 0 Å². The number of aryl methyl sites for hydroxylation is 1. The summed E-state index contributed by atoms with van der Waals surface area (Å²) in [6, 6.07) is 11.2. The van der Waals surface area contributed by atoms with E-state index in [9.17, 15) is 4.79 Å². The van der Waals surface area contributed by atoms with Gasteiger partial charge in [0.2, 0.25) is 0 Å². The predicted octanol–water partition coefficient (Wildman–Crippen LogP) is 5.78. The van der Waals surface area contributed by atoms with Gasteiger partial charge in [0.05, 0.1) is 10.7 Å². The van der Waals surface area contributed by atoms with Gasteiger partial charge in [-0.3, -0.25) is 4.79 Å². The Morgan fingerprint density at radius 3 is 2.74 bits per heavy atom. The fourth-order valence-electron chi connectivity index (χ4n) is 2.82. The number of halogens is 2. The molecule has 0 amide bonds. The summed E-state index contributed by atoms with van der Waals surface area (Å²) in [7, 11) is 0. The van der Waals surface area contributed by atoms with E-state index in [2.05, 4.69) is 0 Å². The van der Waals surface area contributed by atoms with Crippen LogP contribution in [-0.2, 0) is 0 Å².